The van der Waals surface area contributed by atoms with Crippen molar-refractivity contribution >= 4 is 12.4 Å². The predicted octanol–water partition coefficient (Wildman–Crippen LogP) is 3.25. The average Bonchev–Trinajstić information content (AvgIpc) is 1.68. The van der Waals surface area contributed by atoms with Gasteiger partial charge in [0.15, 0.2) is 0 Å². The van der Waals surface area contributed by atoms with Crippen LogP contribution in [0.25, 0.3) is 0 Å². The molecular weight excluding hydrogens is 120 g/mol. The Labute approximate surface area is 59.1 Å². The second kappa shape index (κ2) is 7.29. The molecular formula is C7H17Cl. The maximum absolute atomic E-state index is 2.31. The van der Waals surface area contributed by atoms with Crippen LogP contribution in [0.2, 0.25) is 0 Å². The average molecular weight is 137 g/mol. The molecule has 0 saturated heterocycles. The molecule has 0 aliphatic rings. The summed E-state index contributed by atoms with van der Waals surface area (Å²) in [7, 11) is 0. The van der Waals surface area contributed by atoms with Gasteiger partial charge >= 0.3 is 0 Å². The molecule has 0 rings (SSSR count). The molecule has 0 aromatic heterocycles. The molecule has 0 heterocycles. The van der Waals surface area contributed by atoms with E-state index in [1.807, 2.05) is 0 Å². The van der Waals surface area contributed by atoms with Crippen LogP contribution in [0, 0.1) is 5.92 Å². The van der Waals surface area contributed by atoms with Crippen molar-refractivity contribution in [1.29, 1.82) is 0 Å². The number of hydrogen-bond donors (Lipinski definition) is 0. The molecule has 1 atom stereocenters. The standard InChI is InChI=1S/C7H16.ClH/c1-4-6-7(3)5-2;/h7H,4-6H2,1-3H3;1H. The minimum atomic E-state index is 0. The smallest absolute Gasteiger partial charge is 0.0446 e. The lowest BCUT2D eigenvalue weighted by molar-refractivity contribution is 0.509. The molecule has 0 nitrogen and oxygen atoms in total. The van der Waals surface area contributed by atoms with Crippen LogP contribution >= 0.6 is 12.4 Å². The van der Waals surface area contributed by atoms with E-state index in [2.05, 4.69) is 20.8 Å². The van der Waals surface area contributed by atoms with Crippen molar-refractivity contribution in [2.45, 2.75) is 40.0 Å². The lowest BCUT2D eigenvalue weighted by Gasteiger charge is -2.02. The van der Waals surface area contributed by atoms with Gasteiger partial charge in [-0.15, -0.1) is 12.4 Å². The zero-order valence-corrected chi connectivity index (χ0v) is 6.92. The van der Waals surface area contributed by atoms with E-state index < -0.39 is 0 Å². The molecule has 1 unspecified atom stereocenters. The first-order valence-electron chi connectivity index (χ1n) is 3.31. The normalized spacial score (nSPS) is 12.4. The first-order valence-corrected chi connectivity index (χ1v) is 3.31. The van der Waals surface area contributed by atoms with Gasteiger partial charge in [0.25, 0.3) is 0 Å². The van der Waals surface area contributed by atoms with Gasteiger partial charge in [-0.2, -0.15) is 0 Å². The third kappa shape index (κ3) is 6.29. The second-order valence-electron chi connectivity index (χ2n) is 2.30. The van der Waals surface area contributed by atoms with Crippen LogP contribution in [0.1, 0.15) is 40.0 Å². The Morgan fingerprint density at radius 3 is 1.88 bits per heavy atom. The predicted molar refractivity (Wildman–Crippen MR) is 41.6 cm³/mol. The maximum Gasteiger partial charge on any atom is -0.0446 e. The van der Waals surface area contributed by atoms with Crippen molar-refractivity contribution in [3.8, 4) is 0 Å². The fourth-order valence-corrected chi connectivity index (χ4v) is 0.697. The summed E-state index contributed by atoms with van der Waals surface area (Å²) in [6.45, 7) is 6.80. The second-order valence-corrected chi connectivity index (χ2v) is 2.30. The molecule has 0 bridgehead atoms. The molecule has 0 spiro atoms. The van der Waals surface area contributed by atoms with Crippen molar-refractivity contribution in [3.63, 3.8) is 0 Å². The van der Waals surface area contributed by atoms with Crippen LogP contribution in [0.3, 0.4) is 0 Å². The summed E-state index contributed by atoms with van der Waals surface area (Å²) in [5, 5.41) is 0. The largest absolute Gasteiger partial charge is 0.147 e. The number of halogens is 1. The Morgan fingerprint density at radius 1 is 1.25 bits per heavy atom. The summed E-state index contributed by atoms with van der Waals surface area (Å²) in [4.78, 5) is 0. The monoisotopic (exact) mass is 136 g/mol. The quantitative estimate of drug-likeness (QED) is 0.559. The van der Waals surface area contributed by atoms with Crippen LogP contribution < -0.4 is 0 Å². The third-order valence-corrected chi connectivity index (χ3v) is 1.48. The molecule has 1 heteroatoms. The highest BCUT2D eigenvalue weighted by Crippen LogP contribution is 2.07. The fourth-order valence-electron chi connectivity index (χ4n) is 0.697. The van der Waals surface area contributed by atoms with Crippen molar-refractivity contribution in [3.05, 3.63) is 0 Å². The highest BCUT2D eigenvalue weighted by molar-refractivity contribution is 5.85. The van der Waals surface area contributed by atoms with Crippen molar-refractivity contribution in [2.75, 3.05) is 0 Å². The van der Waals surface area contributed by atoms with Crippen LogP contribution in [0.5, 0.6) is 0 Å². The van der Waals surface area contributed by atoms with Crippen LogP contribution in [-0.2, 0) is 0 Å². The van der Waals surface area contributed by atoms with Crippen molar-refractivity contribution in [2.24, 2.45) is 5.92 Å². The van der Waals surface area contributed by atoms with Crippen LogP contribution in [-0.4, -0.2) is 0 Å². The minimum absolute atomic E-state index is 0. The van der Waals surface area contributed by atoms with Gasteiger partial charge in [0.05, 0.1) is 0 Å². The Kier molecular flexibility index (Phi) is 10.1. The topological polar surface area (TPSA) is 0 Å². The van der Waals surface area contributed by atoms with Gasteiger partial charge in [-0.1, -0.05) is 40.0 Å². The number of rotatable bonds is 3. The fraction of sp³-hybridized carbons (Fsp3) is 1.00. The van der Waals surface area contributed by atoms with E-state index in [1.54, 1.807) is 0 Å². The zero-order valence-electron chi connectivity index (χ0n) is 6.11. The SMILES string of the molecule is CCCC(C)CC.Cl. The Bertz CT molecular complexity index is 35.4. The summed E-state index contributed by atoms with van der Waals surface area (Å²) >= 11 is 0. The van der Waals surface area contributed by atoms with E-state index in [0.717, 1.165) is 5.92 Å². The first kappa shape index (κ1) is 11.1. The van der Waals surface area contributed by atoms with Gasteiger partial charge in [-0.05, 0) is 5.92 Å². The molecule has 0 saturated carbocycles. The lowest BCUT2D eigenvalue weighted by Crippen LogP contribution is -1.88. The first-order chi connectivity index (χ1) is 3.31. The molecule has 52 valence electrons. The highest BCUT2D eigenvalue weighted by Gasteiger charge is 1.92. The van der Waals surface area contributed by atoms with Gasteiger partial charge in [-0.3, -0.25) is 0 Å². The molecule has 0 N–H and O–H groups in total. The van der Waals surface area contributed by atoms with Gasteiger partial charge in [0.2, 0.25) is 0 Å². The molecule has 0 radical (unpaired) electrons. The van der Waals surface area contributed by atoms with E-state index >= 15 is 0 Å². The van der Waals surface area contributed by atoms with E-state index in [4.69, 9.17) is 0 Å². The minimum Gasteiger partial charge on any atom is -0.147 e. The molecule has 0 aliphatic carbocycles. The molecule has 0 aliphatic heterocycles. The Balaban J connectivity index is 0. The van der Waals surface area contributed by atoms with E-state index in [9.17, 15) is 0 Å². The summed E-state index contributed by atoms with van der Waals surface area (Å²) in [5.41, 5.74) is 0. The molecule has 0 fully saturated rings. The van der Waals surface area contributed by atoms with E-state index in [0.29, 0.717) is 0 Å². The van der Waals surface area contributed by atoms with Crippen LogP contribution in [0.4, 0.5) is 0 Å². The summed E-state index contributed by atoms with van der Waals surface area (Å²) in [6.07, 6.45) is 4.08. The molecule has 0 aromatic rings. The Hall–Kier alpha value is 0.290. The van der Waals surface area contributed by atoms with Crippen molar-refractivity contribution in [1.82, 2.24) is 0 Å². The highest BCUT2D eigenvalue weighted by atomic mass is 35.5. The van der Waals surface area contributed by atoms with Gasteiger partial charge < -0.3 is 0 Å². The summed E-state index contributed by atoms with van der Waals surface area (Å²) in [5.74, 6) is 0.949. The summed E-state index contributed by atoms with van der Waals surface area (Å²) in [6, 6.07) is 0. The molecule has 8 heavy (non-hydrogen) atoms. The van der Waals surface area contributed by atoms with Gasteiger partial charge in [0, 0.05) is 0 Å². The van der Waals surface area contributed by atoms with E-state index in [1.165, 1.54) is 19.3 Å². The maximum atomic E-state index is 2.31. The van der Waals surface area contributed by atoms with Gasteiger partial charge in [0.1, 0.15) is 0 Å². The third-order valence-electron chi connectivity index (χ3n) is 1.48. The lowest BCUT2D eigenvalue weighted by atomic mass is 10.0. The zero-order chi connectivity index (χ0) is 5.70. The van der Waals surface area contributed by atoms with E-state index in [-0.39, 0.29) is 12.4 Å². The Morgan fingerprint density at radius 2 is 1.75 bits per heavy atom. The molecule has 0 aromatic carbocycles. The van der Waals surface area contributed by atoms with Crippen LogP contribution in [0.15, 0.2) is 0 Å². The van der Waals surface area contributed by atoms with Crippen molar-refractivity contribution < 1.29 is 0 Å². The van der Waals surface area contributed by atoms with Gasteiger partial charge in [-0.25, -0.2) is 0 Å². The summed E-state index contributed by atoms with van der Waals surface area (Å²) < 4.78 is 0. The molecule has 0 amide bonds. The number of hydrogen-bond acceptors (Lipinski definition) is 0.